The van der Waals surface area contributed by atoms with E-state index in [1.54, 1.807) is 23.1 Å². The van der Waals surface area contributed by atoms with Crippen molar-refractivity contribution in [1.82, 2.24) is 14.5 Å². The smallest absolute Gasteiger partial charge is 0.244 e. The minimum Gasteiger partial charge on any atom is -0.340 e. The number of benzene rings is 1. The lowest BCUT2D eigenvalue weighted by molar-refractivity contribution is -0.132. The molecule has 0 atom stereocenters. The molecule has 26 heavy (non-hydrogen) atoms. The summed E-state index contributed by atoms with van der Waals surface area (Å²) in [5, 5.41) is 3.56. The average Bonchev–Trinajstić information content (AvgIpc) is 2.67. The minimum atomic E-state index is -3.61. The molecule has 1 amide bonds. The van der Waals surface area contributed by atoms with Crippen LogP contribution in [0.2, 0.25) is 5.02 Å². The van der Waals surface area contributed by atoms with Gasteiger partial charge in [-0.3, -0.25) is 4.79 Å². The van der Waals surface area contributed by atoms with Crippen LogP contribution in [0, 0.1) is 5.92 Å². The van der Waals surface area contributed by atoms with Crippen molar-refractivity contribution < 1.29 is 13.2 Å². The number of nitrogens with one attached hydrogen (secondary N) is 1. The molecule has 0 aliphatic carbocycles. The van der Waals surface area contributed by atoms with Gasteiger partial charge in [0.15, 0.2) is 0 Å². The normalized spacial score (nSPS) is 20.3. The van der Waals surface area contributed by atoms with Crippen LogP contribution in [0.3, 0.4) is 0 Å². The van der Waals surface area contributed by atoms with E-state index in [4.69, 9.17) is 11.6 Å². The quantitative estimate of drug-likeness (QED) is 0.821. The number of nitrogens with zero attached hydrogens (tertiary/aromatic N) is 2. The van der Waals surface area contributed by atoms with Crippen LogP contribution in [-0.4, -0.2) is 62.8 Å². The Kier molecular flexibility index (Phi) is 6.55. The highest BCUT2D eigenvalue weighted by molar-refractivity contribution is 7.89. The molecule has 0 saturated carbocycles. The molecule has 1 aromatic carbocycles. The number of hydrogen-bond donors (Lipinski definition) is 1. The SMILES string of the molecule is O=C(CCC1CCNCC1)N1CCN(S(=O)(=O)c2ccccc2Cl)CC1. The van der Waals surface area contributed by atoms with Gasteiger partial charge in [-0.15, -0.1) is 0 Å². The molecule has 0 aromatic heterocycles. The molecule has 1 N–H and O–H groups in total. The Morgan fingerprint density at radius 2 is 1.77 bits per heavy atom. The van der Waals surface area contributed by atoms with E-state index in [0.717, 1.165) is 32.4 Å². The summed E-state index contributed by atoms with van der Waals surface area (Å²) in [6.45, 7) is 3.58. The van der Waals surface area contributed by atoms with E-state index in [0.29, 0.717) is 38.5 Å². The van der Waals surface area contributed by atoms with Crippen LogP contribution in [0.4, 0.5) is 0 Å². The van der Waals surface area contributed by atoms with Gasteiger partial charge in [0, 0.05) is 32.6 Å². The monoisotopic (exact) mass is 399 g/mol. The van der Waals surface area contributed by atoms with Gasteiger partial charge in [0.25, 0.3) is 0 Å². The van der Waals surface area contributed by atoms with Crippen molar-refractivity contribution in [1.29, 1.82) is 0 Å². The van der Waals surface area contributed by atoms with E-state index >= 15 is 0 Å². The number of piperazine rings is 1. The topological polar surface area (TPSA) is 69.7 Å². The summed E-state index contributed by atoms with van der Waals surface area (Å²) in [5.41, 5.74) is 0. The lowest BCUT2D eigenvalue weighted by Crippen LogP contribution is -2.50. The fraction of sp³-hybridized carbons (Fsp3) is 0.611. The molecule has 2 fully saturated rings. The fourth-order valence-electron chi connectivity index (χ4n) is 3.63. The predicted molar refractivity (Wildman–Crippen MR) is 102 cm³/mol. The van der Waals surface area contributed by atoms with Gasteiger partial charge >= 0.3 is 0 Å². The van der Waals surface area contributed by atoms with Crippen molar-refractivity contribution in [2.75, 3.05) is 39.3 Å². The Bertz CT molecular complexity index is 727. The summed E-state index contributed by atoms with van der Waals surface area (Å²) in [6, 6.07) is 6.48. The third-order valence-electron chi connectivity index (χ3n) is 5.27. The lowest BCUT2D eigenvalue weighted by Gasteiger charge is -2.34. The van der Waals surface area contributed by atoms with E-state index in [-0.39, 0.29) is 15.8 Å². The molecule has 6 nitrogen and oxygen atoms in total. The van der Waals surface area contributed by atoms with Crippen LogP contribution in [-0.2, 0) is 14.8 Å². The van der Waals surface area contributed by atoms with Crippen LogP contribution in [0.5, 0.6) is 0 Å². The van der Waals surface area contributed by atoms with E-state index < -0.39 is 10.0 Å². The molecular formula is C18H26ClN3O3S. The summed E-state index contributed by atoms with van der Waals surface area (Å²) in [7, 11) is -3.61. The number of sulfonamides is 1. The predicted octanol–water partition coefficient (Wildman–Crippen LogP) is 1.95. The van der Waals surface area contributed by atoms with Gasteiger partial charge in [-0.25, -0.2) is 8.42 Å². The molecule has 144 valence electrons. The molecule has 0 spiro atoms. The van der Waals surface area contributed by atoms with Gasteiger partial charge in [-0.1, -0.05) is 23.7 Å². The molecular weight excluding hydrogens is 374 g/mol. The number of hydrogen-bond acceptors (Lipinski definition) is 4. The fourth-order valence-corrected chi connectivity index (χ4v) is 5.54. The number of halogens is 1. The second-order valence-electron chi connectivity index (χ2n) is 6.95. The number of carbonyl (C=O) groups excluding carboxylic acids is 1. The van der Waals surface area contributed by atoms with Gasteiger partial charge in [-0.05, 0) is 50.4 Å². The maximum absolute atomic E-state index is 12.7. The molecule has 0 bridgehead atoms. The van der Waals surface area contributed by atoms with E-state index in [1.807, 2.05) is 0 Å². The zero-order valence-corrected chi connectivity index (χ0v) is 16.4. The highest BCUT2D eigenvalue weighted by Gasteiger charge is 2.31. The summed E-state index contributed by atoms with van der Waals surface area (Å²) >= 11 is 6.05. The molecule has 2 aliphatic heterocycles. The first-order valence-corrected chi connectivity index (χ1v) is 11.0. The first kappa shape index (κ1) is 19.6. The van der Waals surface area contributed by atoms with Gasteiger partial charge in [0.2, 0.25) is 15.9 Å². The van der Waals surface area contributed by atoms with Gasteiger partial charge < -0.3 is 10.2 Å². The van der Waals surface area contributed by atoms with Crippen molar-refractivity contribution >= 4 is 27.5 Å². The van der Waals surface area contributed by atoms with Crippen molar-refractivity contribution in [3.05, 3.63) is 29.3 Å². The zero-order valence-electron chi connectivity index (χ0n) is 14.9. The van der Waals surface area contributed by atoms with Crippen LogP contribution in [0.25, 0.3) is 0 Å². The molecule has 0 unspecified atom stereocenters. The average molecular weight is 400 g/mol. The van der Waals surface area contributed by atoms with Gasteiger partial charge in [0.1, 0.15) is 4.90 Å². The molecule has 2 aliphatic rings. The third kappa shape index (κ3) is 4.57. The Morgan fingerprint density at radius 3 is 2.42 bits per heavy atom. The molecule has 8 heteroatoms. The number of amides is 1. The third-order valence-corrected chi connectivity index (χ3v) is 7.67. The Labute approximate surface area is 160 Å². The first-order chi connectivity index (χ1) is 12.5. The lowest BCUT2D eigenvalue weighted by atomic mass is 9.93. The molecule has 0 radical (unpaired) electrons. The number of rotatable bonds is 5. The highest BCUT2D eigenvalue weighted by atomic mass is 35.5. The highest BCUT2D eigenvalue weighted by Crippen LogP contribution is 2.25. The van der Waals surface area contributed by atoms with Gasteiger partial charge in [-0.2, -0.15) is 4.31 Å². The summed E-state index contributed by atoms with van der Waals surface area (Å²) in [4.78, 5) is 14.4. The second-order valence-corrected chi connectivity index (χ2v) is 9.26. The zero-order chi connectivity index (χ0) is 18.6. The van der Waals surface area contributed by atoms with Gasteiger partial charge in [0.05, 0.1) is 5.02 Å². The standard InChI is InChI=1S/C18H26ClN3O3S/c19-16-3-1-2-4-17(16)26(24,25)22-13-11-21(12-14-22)18(23)6-5-15-7-9-20-10-8-15/h1-4,15,20H,5-14H2. The number of piperidine rings is 1. The van der Waals surface area contributed by atoms with E-state index in [9.17, 15) is 13.2 Å². The van der Waals surface area contributed by atoms with Crippen LogP contribution >= 0.6 is 11.6 Å². The van der Waals surface area contributed by atoms with Crippen LogP contribution < -0.4 is 5.32 Å². The number of carbonyl (C=O) groups is 1. The largest absolute Gasteiger partial charge is 0.340 e. The second kappa shape index (κ2) is 8.69. The van der Waals surface area contributed by atoms with Crippen LogP contribution in [0.15, 0.2) is 29.2 Å². The Balaban J connectivity index is 1.52. The van der Waals surface area contributed by atoms with E-state index in [2.05, 4.69) is 5.32 Å². The Hall–Kier alpha value is -1.15. The summed E-state index contributed by atoms with van der Waals surface area (Å²) < 4.78 is 26.9. The summed E-state index contributed by atoms with van der Waals surface area (Å²) in [6.07, 6.45) is 3.76. The molecule has 2 saturated heterocycles. The molecule has 1 aromatic rings. The first-order valence-electron chi connectivity index (χ1n) is 9.21. The van der Waals surface area contributed by atoms with Crippen molar-refractivity contribution in [2.45, 2.75) is 30.6 Å². The van der Waals surface area contributed by atoms with Crippen molar-refractivity contribution in [3.8, 4) is 0 Å². The molecule has 3 rings (SSSR count). The minimum absolute atomic E-state index is 0.132. The maximum atomic E-state index is 12.7. The summed E-state index contributed by atoms with van der Waals surface area (Å²) in [5.74, 6) is 0.764. The van der Waals surface area contributed by atoms with Crippen molar-refractivity contribution in [3.63, 3.8) is 0 Å². The maximum Gasteiger partial charge on any atom is 0.244 e. The van der Waals surface area contributed by atoms with E-state index in [1.165, 1.54) is 10.4 Å². The van der Waals surface area contributed by atoms with Crippen LogP contribution in [0.1, 0.15) is 25.7 Å². The van der Waals surface area contributed by atoms with Crippen molar-refractivity contribution in [2.24, 2.45) is 5.92 Å². The Morgan fingerprint density at radius 1 is 1.12 bits per heavy atom. The molecule has 2 heterocycles.